The predicted molar refractivity (Wildman–Crippen MR) is 65.6 cm³/mol. The van der Waals surface area contributed by atoms with E-state index < -0.39 is 0 Å². The van der Waals surface area contributed by atoms with Crippen LogP contribution in [0.15, 0.2) is 18.2 Å². The van der Waals surface area contributed by atoms with Gasteiger partial charge in [0.1, 0.15) is 0 Å². The van der Waals surface area contributed by atoms with Crippen LogP contribution in [0.5, 0.6) is 5.75 Å². The molecule has 1 rings (SSSR count). The molecule has 0 aliphatic rings. The highest BCUT2D eigenvalue weighted by atomic mass is 19.1. The van der Waals surface area contributed by atoms with Gasteiger partial charge in [-0.2, -0.15) is 0 Å². The Morgan fingerprint density at radius 3 is 2.71 bits per heavy atom. The van der Waals surface area contributed by atoms with Crippen molar-refractivity contribution in [3.05, 3.63) is 29.6 Å². The van der Waals surface area contributed by atoms with Gasteiger partial charge in [0.2, 0.25) is 0 Å². The number of ether oxygens (including phenoxy) is 2. The van der Waals surface area contributed by atoms with Crippen LogP contribution in [-0.2, 0) is 4.74 Å². The van der Waals surface area contributed by atoms with E-state index in [1.165, 1.54) is 6.07 Å². The molecule has 0 spiro atoms. The van der Waals surface area contributed by atoms with Crippen LogP contribution in [0, 0.1) is 5.82 Å². The molecule has 1 aromatic rings. The highest BCUT2D eigenvalue weighted by molar-refractivity contribution is 5.30. The normalized spacial score (nSPS) is 12.5. The molecule has 96 valence electrons. The fourth-order valence-electron chi connectivity index (χ4n) is 1.40. The van der Waals surface area contributed by atoms with Crippen molar-refractivity contribution in [3.63, 3.8) is 0 Å². The Hall–Kier alpha value is -1.13. The molecule has 2 N–H and O–H groups in total. The molecule has 17 heavy (non-hydrogen) atoms. The molecular weight excluding hydrogens is 221 g/mol. The van der Waals surface area contributed by atoms with Gasteiger partial charge in [0.15, 0.2) is 11.6 Å². The first-order chi connectivity index (χ1) is 8.15. The molecule has 0 aliphatic carbocycles. The minimum absolute atomic E-state index is 0.170. The number of hydrogen-bond acceptors (Lipinski definition) is 3. The summed E-state index contributed by atoms with van der Waals surface area (Å²) in [5, 5.41) is 0. The van der Waals surface area contributed by atoms with Gasteiger partial charge in [-0.1, -0.05) is 6.07 Å². The smallest absolute Gasteiger partial charge is 0.165 e. The van der Waals surface area contributed by atoms with Gasteiger partial charge in [-0.3, -0.25) is 0 Å². The third kappa shape index (κ3) is 4.71. The lowest BCUT2D eigenvalue weighted by atomic mass is 10.1. The third-order valence-electron chi connectivity index (χ3n) is 2.38. The molecule has 0 radical (unpaired) electrons. The van der Waals surface area contributed by atoms with Crippen LogP contribution in [0.25, 0.3) is 0 Å². The Labute approximate surface area is 102 Å². The van der Waals surface area contributed by atoms with E-state index in [1.54, 1.807) is 12.1 Å². The molecule has 1 atom stereocenters. The van der Waals surface area contributed by atoms with Crippen molar-refractivity contribution in [1.29, 1.82) is 0 Å². The monoisotopic (exact) mass is 241 g/mol. The van der Waals surface area contributed by atoms with Gasteiger partial charge < -0.3 is 15.2 Å². The van der Waals surface area contributed by atoms with E-state index in [4.69, 9.17) is 15.2 Å². The number of nitrogens with two attached hydrogens (primary N) is 1. The molecule has 0 amide bonds. The summed E-state index contributed by atoms with van der Waals surface area (Å²) >= 11 is 0. The Kier molecular flexibility index (Phi) is 5.94. The summed E-state index contributed by atoms with van der Waals surface area (Å²) in [6.45, 7) is 5.53. The van der Waals surface area contributed by atoms with Crippen molar-refractivity contribution in [2.24, 2.45) is 5.73 Å². The van der Waals surface area contributed by atoms with Crippen molar-refractivity contribution >= 4 is 0 Å². The van der Waals surface area contributed by atoms with Crippen LogP contribution < -0.4 is 10.5 Å². The highest BCUT2D eigenvalue weighted by Crippen LogP contribution is 2.21. The van der Waals surface area contributed by atoms with Gasteiger partial charge in [-0.15, -0.1) is 0 Å². The second-order valence-corrected chi connectivity index (χ2v) is 3.88. The Balaban J connectivity index is 2.43. The van der Waals surface area contributed by atoms with E-state index in [2.05, 4.69) is 0 Å². The van der Waals surface area contributed by atoms with E-state index in [0.29, 0.717) is 19.8 Å². The lowest BCUT2D eigenvalue weighted by molar-refractivity contribution is 0.130. The van der Waals surface area contributed by atoms with Crippen molar-refractivity contribution in [1.82, 2.24) is 0 Å². The number of halogens is 1. The van der Waals surface area contributed by atoms with Crippen molar-refractivity contribution in [3.8, 4) is 5.75 Å². The summed E-state index contributed by atoms with van der Waals surface area (Å²) in [6.07, 6.45) is 0.752. The van der Waals surface area contributed by atoms with Crippen molar-refractivity contribution in [2.75, 3.05) is 19.8 Å². The zero-order valence-electron chi connectivity index (χ0n) is 10.4. The van der Waals surface area contributed by atoms with Crippen LogP contribution >= 0.6 is 0 Å². The molecule has 0 saturated heterocycles. The third-order valence-corrected chi connectivity index (χ3v) is 2.38. The lowest BCUT2D eigenvalue weighted by Gasteiger charge is -2.10. The molecule has 1 aromatic carbocycles. The average Bonchev–Trinajstić information content (AvgIpc) is 2.30. The van der Waals surface area contributed by atoms with Gasteiger partial charge >= 0.3 is 0 Å². The molecule has 0 heterocycles. The second-order valence-electron chi connectivity index (χ2n) is 3.88. The van der Waals surface area contributed by atoms with Crippen LogP contribution in [0.1, 0.15) is 31.9 Å². The van der Waals surface area contributed by atoms with Gasteiger partial charge in [-0.05, 0) is 31.5 Å². The summed E-state index contributed by atoms with van der Waals surface area (Å²) in [6, 6.07) is 4.65. The van der Waals surface area contributed by atoms with E-state index in [-0.39, 0.29) is 17.6 Å². The van der Waals surface area contributed by atoms with Crippen molar-refractivity contribution in [2.45, 2.75) is 26.3 Å². The van der Waals surface area contributed by atoms with Crippen molar-refractivity contribution < 1.29 is 13.9 Å². The first kappa shape index (κ1) is 13.9. The average molecular weight is 241 g/mol. The topological polar surface area (TPSA) is 44.5 Å². The summed E-state index contributed by atoms with van der Waals surface area (Å²) in [7, 11) is 0. The Bertz CT molecular complexity index is 342. The largest absolute Gasteiger partial charge is 0.490 e. The Morgan fingerprint density at radius 1 is 1.35 bits per heavy atom. The maximum absolute atomic E-state index is 13.6. The minimum Gasteiger partial charge on any atom is -0.490 e. The summed E-state index contributed by atoms with van der Waals surface area (Å²) in [5.41, 5.74) is 6.43. The molecule has 4 heteroatoms. The van der Waals surface area contributed by atoms with Gasteiger partial charge in [-0.25, -0.2) is 4.39 Å². The fourth-order valence-corrected chi connectivity index (χ4v) is 1.40. The SMILES string of the molecule is CCOCCCOc1ccc([C@H](C)N)cc1F. The maximum atomic E-state index is 13.6. The summed E-state index contributed by atoms with van der Waals surface area (Å²) < 4.78 is 24.1. The second kappa shape index (κ2) is 7.25. The maximum Gasteiger partial charge on any atom is 0.165 e. The molecule has 0 bridgehead atoms. The zero-order valence-corrected chi connectivity index (χ0v) is 10.4. The van der Waals surface area contributed by atoms with Crippen LogP contribution in [-0.4, -0.2) is 19.8 Å². The first-order valence-electron chi connectivity index (χ1n) is 5.90. The minimum atomic E-state index is -0.365. The summed E-state index contributed by atoms with van der Waals surface area (Å²) in [5.74, 6) is -0.0953. The number of benzene rings is 1. The molecular formula is C13H20FNO2. The molecule has 0 fully saturated rings. The van der Waals surface area contributed by atoms with E-state index >= 15 is 0 Å². The predicted octanol–water partition coefficient (Wildman–Crippen LogP) is 2.65. The molecule has 0 aliphatic heterocycles. The Morgan fingerprint density at radius 2 is 2.12 bits per heavy atom. The number of rotatable bonds is 7. The lowest BCUT2D eigenvalue weighted by Crippen LogP contribution is -2.07. The van der Waals surface area contributed by atoms with Gasteiger partial charge in [0.25, 0.3) is 0 Å². The highest BCUT2D eigenvalue weighted by Gasteiger charge is 2.06. The molecule has 3 nitrogen and oxygen atoms in total. The first-order valence-corrected chi connectivity index (χ1v) is 5.90. The molecule has 0 unspecified atom stereocenters. The quantitative estimate of drug-likeness (QED) is 0.746. The van der Waals surface area contributed by atoms with Gasteiger partial charge in [0.05, 0.1) is 6.61 Å². The standard InChI is InChI=1S/C13H20FNO2/c1-3-16-7-4-8-17-13-6-5-11(10(2)15)9-12(13)14/h5-6,9-10H,3-4,7-8,15H2,1-2H3/t10-/m0/s1. The van der Waals surface area contributed by atoms with Crippen LogP contribution in [0.3, 0.4) is 0 Å². The number of hydrogen-bond donors (Lipinski definition) is 1. The van der Waals surface area contributed by atoms with E-state index in [9.17, 15) is 4.39 Å². The van der Waals surface area contributed by atoms with Crippen LogP contribution in [0.4, 0.5) is 4.39 Å². The van der Waals surface area contributed by atoms with Crippen LogP contribution in [0.2, 0.25) is 0 Å². The fraction of sp³-hybridized carbons (Fsp3) is 0.538. The molecule has 0 saturated carbocycles. The van der Waals surface area contributed by atoms with E-state index in [0.717, 1.165) is 12.0 Å². The van der Waals surface area contributed by atoms with E-state index in [1.807, 2.05) is 13.8 Å². The summed E-state index contributed by atoms with van der Waals surface area (Å²) in [4.78, 5) is 0. The molecule has 0 aromatic heterocycles. The van der Waals surface area contributed by atoms with Gasteiger partial charge in [0, 0.05) is 25.7 Å². The zero-order chi connectivity index (χ0) is 12.7.